The molecule has 0 saturated carbocycles. The van der Waals surface area contributed by atoms with Crippen molar-refractivity contribution in [2.24, 2.45) is 5.73 Å². The number of pyridine rings is 1. The Labute approximate surface area is 115 Å². The molecular weight excluding hydrogens is 256 g/mol. The minimum Gasteiger partial charge on any atom is -0.348 e. The highest BCUT2D eigenvalue weighted by atomic mass is 16.5. The summed E-state index contributed by atoms with van der Waals surface area (Å²) in [6.45, 7) is 0. The summed E-state index contributed by atoms with van der Waals surface area (Å²) < 4.78 is 5.21. The third kappa shape index (κ3) is 2.89. The number of rotatable bonds is 5. The van der Waals surface area contributed by atoms with E-state index >= 15 is 0 Å². The molecule has 7 heteroatoms. The maximum atomic E-state index is 6.04. The van der Waals surface area contributed by atoms with Crippen LogP contribution in [-0.2, 0) is 12.8 Å². The van der Waals surface area contributed by atoms with Crippen molar-refractivity contribution in [3.63, 3.8) is 0 Å². The van der Waals surface area contributed by atoms with Crippen LogP contribution in [0.25, 0.3) is 0 Å². The molecule has 0 amide bonds. The summed E-state index contributed by atoms with van der Waals surface area (Å²) in [6, 6.07) is 3.50. The lowest BCUT2D eigenvalue weighted by Gasteiger charge is -2.03. The Kier molecular flexibility index (Phi) is 3.51. The quantitative estimate of drug-likeness (QED) is 0.717. The first-order valence-corrected chi connectivity index (χ1v) is 6.25. The molecule has 102 valence electrons. The van der Waals surface area contributed by atoms with Gasteiger partial charge in [-0.15, -0.1) is 0 Å². The van der Waals surface area contributed by atoms with Crippen LogP contribution in [0.2, 0.25) is 0 Å². The largest absolute Gasteiger partial charge is 0.348 e. The van der Waals surface area contributed by atoms with Crippen LogP contribution in [0.15, 0.2) is 41.6 Å². The van der Waals surface area contributed by atoms with Gasteiger partial charge in [-0.2, -0.15) is 4.98 Å². The zero-order chi connectivity index (χ0) is 13.8. The lowest BCUT2D eigenvalue weighted by atomic mass is 10.2. The molecule has 0 unspecified atom stereocenters. The Morgan fingerprint density at radius 2 is 2.25 bits per heavy atom. The van der Waals surface area contributed by atoms with Crippen molar-refractivity contribution >= 4 is 0 Å². The Bertz CT molecular complexity index is 649. The van der Waals surface area contributed by atoms with Crippen LogP contribution in [0.4, 0.5) is 0 Å². The number of nitrogens with one attached hydrogen (secondary N) is 1. The van der Waals surface area contributed by atoms with Crippen molar-refractivity contribution < 1.29 is 4.52 Å². The van der Waals surface area contributed by atoms with E-state index in [4.69, 9.17) is 10.3 Å². The number of nitrogens with zero attached hydrogens (tertiary/aromatic N) is 4. The minimum atomic E-state index is -0.342. The number of imidazole rings is 1. The van der Waals surface area contributed by atoms with Gasteiger partial charge in [0.15, 0.2) is 5.82 Å². The fourth-order valence-corrected chi connectivity index (χ4v) is 1.90. The first-order chi connectivity index (χ1) is 9.81. The molecule has 20 heavy (non-hydrogen) atoms. The van der Waals surface area contributed by atoms with Crippen molar-refractivity contribution in [2.45, 2.75) is 18.9 Å². The topological polar surface area (TPSA) is 107 Å². The molecule has 3 rings (SSSR count). The Morgan fingerprint density at radius 3 is 3.00 bits per heavy atom. The second kappa shape index (κ2) is 5.62. The lowest BCUT2D eigenvalue weighted by molar-refractivity contribution is 0.350. The van der Waals surface area contributed by atoms with Crippen molar-refractivity contribution in [1.29, 1.82) is 0 Å². The molecule has 3 heterocycles. The molecule has 0 fully saturated rings. The van der Waals surface area contributed by atoms with Crippen LogP contribution in [0.3, 0.4) is 0 Å². The van der Waals surface area contributed by atoms with E-state index in [2.05, 4.69) is 25.1 Å². The molecule has 0 aliphatic rings. The molecule has 0 aromatic carbocycles. The highest BCUT2D eigenvalue weighted by Gasteiger charge is 2.16. The summed E-state index contributed by atoms with van der Waals surface area (Å²) >= 11 is 0. The monoisotopic (exact) mass is 270 g/mol. The molecule has 3 aromatic rings. The fraction of sp³-hybridized carbons (Fsp3) is 0.231. The highest BCUT2D eigenvalue weighted by Crippen LogP contribution is 2.14. The van der Waals surface area contributed by atoms with E-state index in [1.807, 2.05) is 12.1 Å². The summed E-state index contributed by atoms with van der Waals surface area (Å²) in [5.74, 6) is 1.03. The van der Waals surface area contributed by atoms with E-state index in [-0.39, 0.29) is 6.04 Å². The van der Waals surface area contributed by atoms with Gasteiger partial charge in [-0.3, -0.25) is 4.98 Å². The maximum absolute atomic E-state index is 6.04. The molecule has 0 bridgehead atoms. The Morgan fingerprint density at radius 1 is 1.30 bits per heavy atom. The van der Waals surface area contributed by atoms with Crippen molar-refractivity contribution in [2.75, 3.05) is 0 Å². The van der Waals surface area contributed by atoms with Crippen molar-refractivity contribution in [3.05, 3.63) is 60.0 Å². The van der Waals surface area contributed by atoms with E-state index in [9.17, 15) is 0 Å². The van der Waals surface area contributed by atoms with Crippen molar-refractivity contribution in [3.8, 4) is 0 Å². The molecule has 0 aliphatic heterocycles. The molecule has 7 nitrogen and oxygen atoms in total. The predicted octanol–water partition coefficient (Wildman–Crippen LogP) is 1.02. The average Bonchev–Trinajstić information content (AvgIpc) is 3.11. The standard InChI is InChI=1S/C13H14N6O/c14-11(5-10-7-16-8-17-10)13-18-12(19-20-13)4-9-2-1-3-15-6-9/h1-3,6-8,11H,4-5,14H2,(H,16,17)/t11-/m0/s1. The van der Waals surface area contributed by atoms with Gasteiger partial charge in [0.2, 0.25) is 5.89 Å². The summed E-state index contributed by atoms with van der Waals surface area (Å²) in [5, 5.41) is 3.94. The van der Waals surface area contributed by atoms with Gasteiger partial charge in [0.1, 0.15) is 0 Å². The van der Waals surface area contributed by atoms with Gasteiger partial charge in [-0.05, 0) is 11.6 Å². The first kappa shape index (κ1) is 12.5. The number of aromatic amines is 1. The molecular formula is C13H14N6O. The van der Waals surface area contributed by atoms with Crippen LogP contribution in [0.1, 0.15) is 29.0 Å². The number of nitrogens with two attached hydrogens (primary N) is 1. The maximum Gasteiger partial charge on any atom is 0.243 e. The van der Waals surface area contributed by atoms with Crippen LogP contribution >= 0.6 is 0 Å². The molecule has 0 radical (unpaired) electrons. The normalized spacial score (nSPS) is 12.4. The van der Waals surface area contributed by atoms with E-state index in [1.54, 1.807) is 24.9 Å². The second-order valence-electron chi connectivity index (χ2n) is 4.47. The number of hydrogen-bond donors (Lipinski definition) is 2. The van der Waals surface area contributed by atoms with Gasteiger partial charge in [-0.1, -0.05) is 11.2 Å². The summed E-state index contributed by atoms with van der Waals surface area (Å²) in [5.41, 5.74) is 8.00. The van der Waals surface area contributed by atoms with Gasteiger partial charge >= 0.3 is 0 Å². The van der Waals surface area contributed by atoms with Crippen LogP contribution < -0.4 is 5.73 Å². The Balaban J connectivity index is 1.67. The molecule has 0 spiro atoms. The van der Waals surface area contributed by atoms with Crippen LogP contribution in [0, 0.1) is 0 Å². The predicted molar refractivity (Wildman–Crippen MR) is 70.6 cm³/mol. The van der Waals surface area contributed by atoms with Gasteiger partial charge in [0.25, 0.3) is 0 Å². The van der Waals surface area contributed by atoms with E-state index < -0.39 is 0 Å². The number of aromatic nitrogens is 5. The summed E-state index contributed by atoms with van der Waals surface area (Å²) in [6.07, 6.45) is 8.01. The smallest absolute Gasteiger partial charge is 0.243 e. The molecule has 0 aliphatic carbocycles. The number of hydrogen-bond acceptors (Lipinski definition) is 6. The fourth-order valence-electron chi connectivity index (χ4n) is 1.90. The molecule has 3 aromatic heterocycles. The van der Waals surface area contributed by atoms with Crippen molar-refractivity contribution in [1.82, 2.24) is 25.1 Å². The SMILES string of the molecule is N[C@@H](Cc1cnc[nH]1)c1nc(Cc2cccnc2)no1. The van der Waals surface area contributed by atoms with E-state index in [0.717, 1.165) is 11.3 Å². The second-order valence-corrected chi connectivity index (χ2v) is 4.47. The third-order valence-electron chi connectivity index (χ3n) is 2.88. The first-order valence-electron chi connectivity index (χ1n) is 6.25. The van der Waals surface area contributed by atoms with E-state index in [0.29, 0.717) is 24.6 Å². The molecule has 3 N–H and O–H groups in total. The molecule has 0 saturated heterocycles. The van der Waals surface area contributed by atoms with Crippen LogP contribution in [-0.4, -0.2) is 25.1 Å². The third-order valence-corrected chi connectivity index (χ3v) is 2.88. The van der Waals surface area contributed by atoms with Gasteiger partial charge in [0.05, 0.1) is 12.4 Å². The van der Waals surface area contributed by atoms with Crippen LogP contribution in [0.5, 0.6) is 0 Å². The highest BCUT2D eigenvalue weighted by molar-refractivity contribution is 5.14. The summed E-state index contributed by atoms with van der Waals surface area (Å²) in [7, 11) is 0. The zero-order valence-electron chi connectivity index (χ0n) is 10.7. The Hall–Kier alpha value is -2.54. The van der Waals surface area contributed by atoms with Gasteiger partial charge in [0, 0.05) is 37.1 Å². The lowest BCUT2D eigenvalue weighted by Crippen LogP contribution is -2.14. The average molecular weight is 270 g/mol. The minimum absolute atomic E-state index is 0.342. The molecule has 1 atom stereocenters. The summed E-state index contributed by atoms with van der Waals surface area (Å²) in [4.78, 5) is 15.3. The number of H-pyrrole nitrogens is 1. The van der Waals surface area contributed by atoms with Gasteiger partial charge < -0.3 is 15.2 Å². The zero-order valence-corrected chi connectivity index (χ0v) is 10.7. The van der Waals surface area contributed by atoms with E-state index in [1.165, 1.54) is 0 Å². The van der Waals surface area contributed by atoms with Gasteiger partial charge in [-0.25, -0.2) is 4.98 Å².